The topological polar surface area (TPSA) is 20.2 Å². The minimum Gasteiger partial charge on any atom is -0.507 e. The molecule has 0 aliphatic carbocycles. The van der Waals surface area contributed by atoms with Crippen LogP contribution in [0.1, 0.15) is 0 Å². The average molecular weight is 333 g/mol. The van der Waals surface area contributed by atoms with Gasteiger partial charge < -0.3 is 5.11 Å². The van der Waals surface area contributed by atoms with E-state index in [4.69, 9.17) is 16.7 Å². The van der Waals surface area contributed by atoms with E-state index in [1.807, 2.05) is 0 Å². The van der Waals surface area contributed by atoms with Crippen LogP contribution >= 0.6 is 50.1 Å². The fraction of sp³-hybridized carbons (Fsp3) is 0. The molecule has 1 rings (SSSR count). The summed E-state index contributed by atoms with van der Waals surface area (Å²) in [5.41, 5.74) is 0. The lowest BCUT2D eigenvalue weighted by Crippen LogP contribution is -1.75. The summed E-state index contributed by atoms with van der Waals surface area (Å²) in [6, 6.07) is 3.26. The van der Waals surface area contributed by atoms with Crippen molar-refractivity contribution in [3.05, 3.63) is 25.2 Å². The van der Waals surface area contributed by atoms with Crippen molar-refractivity contribution in [3.8, 4) is 5.75 Å². The number of benzene rings is 1. The Labute approximate surface area is 85.7 Å². The van der Waals surface area contributed by atoms with Crippen LogP contribution in [-0.2, 0) is 0 Å². The van der Waals surface area contributed by atoms with Crippen LogP contribution in [0.5, 0.6) is 5.75 Å². The van der Waals surface area contributed by atoms with Gasteiger partial charge in [0.1, 0.15) is 5.75 Å². The van der Waals surface area contributed by atoms with Crippen LogP contribution in [0.15, 0.2) is 16.6 Å². The molecule has 0 fully saturated rings. The summed E-state index contributed by atoms with van der Waals surface area (Å²) >= 11 is 10.9. The molecule has 1 N–H and O–H groups in total. The standard InChI is InChI=1S/C6H3BrClIO/c7-6-4(9)1-3(8)2-5(6)10/h1-2,10H. The smallest absolute Gasteiger partial charge is 0.132 e. The highest BCUT2D eigenvalue weighted by molar-refractivity contribution is 14.1. The number of halogens is 3. The summed E-state index contributed by atoms with van der Waals surface area (Å²) in [5, 5.41) is 9.69. The second kappa shape index (κ2) is 3.28. The Balaban J connectivity index is 3.31. The van der Waals surface area contributed by atoms with Gasteiger partial charge in [-0.2, -0.15) is 0 Å². The quantitative estimate of drug-likeness (QED) is 0.570. The van der Waals surface area contributed by atoms with E-state index in [9.17, 15) is 0 Å². The molecule has 0 atom stereocenters. The summed E-state index contributed by atoms with van der Waals surface area (Å²) in [6.07, 6.45) is 0. The van der Waals surface area contributed by atoms with E-state index in [0.717, 1.165) is 3.57 Å². The molecule has 0 bridgehead atoms. The third-order valence-corrected chi connectivity index (χ3v) is 3.62. The number of phenolic OH excluding ortho intramolecular Hbond substituents is 1. The molecule has 10 heavy (non-hydrogen) atoms. The summed E-state index contributed by atoms with van der Waals surface area (Å²) in [4.78, 5) is 0. The Kier molecular flexibility index (Phi) is 2.82. The maximum absolute atomic E-state index is 9.14. The van der Waals surface area contributed by atoms with Gasteiger partial charge >= 0.3 is 0 Å². The highest BCUT2D eigenvalue weighted by Crippen LogP contribution is 2.31. The molecule has 54 valence electrons. The van der Waals surface area contributed by atoms with Crippen LogP contribution in [0.2, 0.25) is 5.02 Å². The van der Waals surface area contributed by atoms with Crippen molar-refractivity contribution >= 4 is 50.1 Å². The second-order valence-corrected chi connectivity index (χ2v) is 4.11. The van der Waals surface area contributed by atoms with Gasteiger partial charge in [0, 0.05) is 8.59 Å². The Morgan fingerprint density at radius 3 is 2.60 bits per heavy atom. The predicted octanol–water partition coefficient (Wildman–Crippen LogP) is 3.41. The van der Waals surface area contributed by atoms with Gasteiger partial charge in [0.2, 0.25) is 0 Å². The maximum atomic E-state index is 9.14. The third kappa shape index (κ3) is 1.77. The minimum atomic E-state index is 0.178. The normalized spacial score (nSPS) is 9.90. The fourth-order valence-electron chi connectivity index (χ4n) is 0.542. The molecular weight excluding hydrogens is 330 g/mol. The van der Waals surface area contributed by atoms with Crippen molar-refractivity contribution in [2.75, 3.05) is 0 Å². The molecule has 4 heteroatoms. The van der Waals surface area contributed by atoms with Gasteiger partial charge in [-0.05, 0) is 50.7 Å². The molecule has 0 amide bonds. The van der Waals surface area contributed by atoms with Crippen LogP contribution in [0.25, 0.3) is 0 Å². The van der Waals surface area contributed by atoms with Gasteiger partial charge in [-0.15, -0.1) is 0 Å². The molecule has 1 aromatic rings. The molecule has 0 heterocycles. The van der Waals surface area contributed by atoms with Crippen molar-refractivity contribution in [1.29, 1.82) is 0 Å². The first-order valence-electron chi connectivity index (χ1n) is 2.45. The monoisotopic (exact) mass is 332 g/mol. The van der Waals surface area contributed by atoms with Crippen LogP contribution < -0.4 is 0 Å². The highest BCUT2D eigenvalue weighted by atomic mass is 127. The van der Waals surface area contributed by atoms with Crippen molar-refractivity contribution in [3.63, 3.8) is 0 Å². The lowest BCUT2D eigenvalue weighted by atomic mass is 10.3. The second-order valence-electron chi connectivity index (χ2n) is 1.72. The number of aromatic hydroxyl groups is 1. The van der Waals surface area contributed by atoms with E-state index in [2.05, 4.69) is 38.5 Å². The number of phenols is 1. The van der Waals surface area contributed by atoms with Crippen LogP contribution in [0.3, 0.4) is 0 Å². The zero-order valence-electron chi connectivity index (χ0n) is 4.74. The van der Waals surface area contributed by atoms with Gasteiger partial charge in [0.25, 0.3) is 0 Å². The largest absolute Gasteiger partial charge is 0.507 e. The highest BCUT2D eigenvalue weighted by Gasteiger charge is 2.02. The number of hydrogen-bond donors (Lipinski definition) is 1. The molecule has 0 unspecified atom stereocenters. The van der Waals surface area contributed by atoms with Gasteiger partial charge in [-0.1, -0.05) is 11.6 Å². The van der Waals surface area contributed by atoms with Crippen LogP contribution in [0.4, 0.5) is 0 Å². The predicted molar refractivity (Wildman–Crippen MR) is 53.5 cm³/mol. The summed E-state index contributed by atoms with van der Waals surface area (Å²) in [6.45, 7) is 0. The van der Waals surface area contributed by atoms with Gasteiger partial charge in [-0.3, -0.25) is 0 Å². The molecule has 0 saturated heterocycles. The number of hydrogen-bond acceptors (Lipinski definition) is 1. The van der Waals surface area contributed by atoms with Crippen molar-refractivity contribution < 1.29 is 5.11 Å². The molecule has 0 spiro atoms. The van der Waals surface area contributed by atoms with Gasteiger partial charge in [-0.25, -0.2) is 0 Å². The molecule has 0 aromatic heterocycles. The van der Waals surface area contributed by atoms with E-state index >= 15 is 0 Å². The first-order chi connectivity index (χ1) is 4.61. The van der Waals surface area contributed by atoms with E-state index in [-0.39, 0.29) is 5.75 Å². The van der Waals surface area contributed by atoms with Crippen LogP contribution in [0, 0.1) is 3.57 Å². The van der Waals surface area contributed by atoms with Gasteiger partial charge in [0.05, 0.1) is 4.47 Å². The van der Waals surface area contributed by atoms with Crippen LogP contribution in [-0.4, -0.2) is 5.11 Å². The molecule has 0 aliphatic heterocycles. The Bertz CT molecular complexity index is 241. The Morgan fingerprint density at radius 1 is 1.50 bits per heavy atom. The summed E-state index contributed by atoms with van der Waals surface area (Å²) < 4.78 is 1.60. The molecule has 0 saturated carbocycles. The summed E-state index contributed by atoms with van der Waals surface area (Å²) in [7, 11) is 0. The van der Waals surface area contributed by atoms with Crippen molar-refractivity contribution in [1.82, 2.24) is 0 Å². The molecular formula is C6H3BrClIO. The molecule has 0 aliphatic rings. The Hall–Kier alpha value is 0.520. The number of rotatable bonds is 0. The lowest BCUT2D eigenvalue weighted by molar-refractivity contribution is 0.471. The molecule has 0 radical (unpaired) electrons. The maximum Gasteiger partial charge on any atom is 0.132 e. The first-order valence-corrected chi connectivity index (χ1v) is 4.69. The zero-order valence-corrected chi connectivity index (χ0v) is 9.24. The minimum absolute atomic E-state index is 0.178. The average Bonchev–Trinajstić information content (AvgIpc) is 1.82. The SMILES string of the molecule is Oc1cc(Cl)cc(I)c1Br. The molecule has 1 aromatic carbocycles. The van der Waals surface area contributed by atoms with E-state index in [1.54, 1.807) is 6.07 Å². The van der Waals surface area contributed by atoms with Gasteiger partial charge in [0.15, 0.2) is 0 Å². The molecule has 1 nitrogen and oxygen atoms in total. The summed E-state index contributed by atoms with van der Waals surface area (Å²) in [5.74, 6) is 0.178. The fourth-order valence-corrected chi connectivity index (χ4v) is 1.78. The third-order valence-electron chi connectivity index (χ3n) is 0.974. The lowest BCUT2D eigenvalue weighted by Gasteiger charge is -1.99. The van der Waals surface area contributed by atoms with E-state index in [1.165, 1.54) is 6.07 Å². The van der Waals surface area contributed by atoms with Crippen molar-refractivity contribution in [2.24, 2.45) is 0 Å². The van der Waals surface area contributed by atoms with E-state index in [0.29, 0.717) is 9.50 Å². The van der Waals surface area contributed by atoms with Crippen molar-refractivity contribution in [2.45, 2.75) is 0 Å². The zero-order chi connectivity index (χ0) is 7.72. The Morgan fingerprint density at radius 2 is 2.10 bits per heavy atom. The first kappa shape index (κ1) is 8.62. The van der Waals surface area contributed by atoms with E-state index < -0.39 is 0 Å².